The van der Waals surface area contributed by atoms with Crippen molar-refractivity contribution in [1.82, 2.24) is 14.9 Å². The summed E-state index contributed by atoms with van der Waals surface area (Å²) in [6, 6.07) is 1.15. The molecule has 2 heterocycles. The summed E-state index contributed by atoms with van der Waals surface area (Å²) in [7, 11) is 0. The number of hydrogen-bond acceptors (Lipinski definition) is 7. The molecule has 0 unspecified atom stereocenters. The van der Waals surface area contributed by atoms with Gasteiger partial charge in [0.05, 0.1) is 6.61 Å². The summed E-state index contributed by atoms with van der Waals surface area (Å²) in [5, 5.41) is 22.1. The van der Waals surface area contributed by atoms with E-state index in [1.165, 1.54) is 13.1 Å². The molecule has 134 valence electrons. The third-order valence-electron chi connectivity index (χ3n) is 3.62. The smallest absolute Gasteiger partial charge is 0.330 e. The number of ether oxygens (including phenoxy) is 2. The molecule has 0 aromatic carbocycles. The van der Waals surface area contributed by atoms with Crippen molar-refractivity contribution in [1.29, 1.82) is 0 Å². The van der Waals surface area contributed by atoms with Gasteiger partial charge in [0, 0.05) is 32.3 Å². The van der Waals surface area contributed by atoms with Gasteiger partial charge in [-0.25, -0.2) is 4.79 Å². The quantitative estimate of drug-likeness (QED) is 0.408. The van der Waals surface area contributed by atoms with Crippen molar-refractivity contribution in [3.05, 3.63) is 33.1 Å². The van der Waals surface area contributed by atoms with E-state index in [2.05, 4.69) is 10.3 Å². The van der Waals surface area contributed by atoms with Crippen LogP contribution in [-0.4, -0.2) is 63.7 Å². The Kier molecular flexibility index (Phi) is 6.26. The maximum Gasteiger partial charge on any atom is 0.330 e. The van der Waals surface area contributed by atoms with Gasteiger partial charge in [-0.15, -0.1) is 0 Å². The Labute approximate surface area is 137 Å². The molecule has 0 bridgehead atoms. The maximum atomic E-state index is 11.9. The Bertz CT molecular complexity index is 671. The van der Waals surface area contributed by atoms with E-state index in [-0.39, 0.29) is 12.5 Å². The van der Waals surface area contributed by atoms with Crippen molar-refractivity contribution in [3.8, 4) is 0 Å². The zero-order valence-electron chi connectivity index (χ0n) is 13.2. The molecule has 1 aromatic heterocycles. The second-order valence-corrected chi connectivity index (χ2v) is 5.43. The van der Waals surface area contributed by atoms with Crippen LogP contribution in [0, 0.1) is 0 Å². The third kappa shape index (κ3) is 4.29. The van der Waals surface area contributed by atoms with Crippen LogP contribution in [0.2, 0.25) is 0 Å². The summed E-state index contributed by atoms with van der Waals surface area (Å²) in [5.41, 5.74) is -1.26. The van der Waals surface area contributed by atoms with E-state index in [1.54, 1.807) is 0 Å². The normalized spacial score (nSPS) is 26.5. The second-order valence-electron chi connectivity index (χ2n) is 5.43. The number of amides is 1. The fourth-order valence-corrected chi connectivity index (χ4v) is 2.46. The highest BCUT2D eigenvalue weighted by Crippen LogP contribution is 2.30. The van der Waals surface area contributed by atoms with Crippen LogP contribution in [0.1, 0.15) is 19.6 Å². The zero-order valence-corrected chi connectivity index (χ0v) is 13.2. The molecule has 24 heavy (non-hydrogen) atoms. The Balaban J connectivity index is 2.07. The number of rotatable bonds is 7. The standard InChI is InChI=1S/C14H21N3O7/c1-8(19)15-4-2-6-23-12-11(21)9(7-18)24-13(12)17-5-3-10(20)16-14(17)22/h3,5,9,11-13,18,21H,2,4,6-7H2,1H3,(H,15,19)(H,16,20,22)/t9-,11-,12-,13-/m1/s1. The first-order valence-corrected chi connectivity index (χ1v) is 7.56. The summed E-state index contributed by atoms with van der Waals surface area (Å²) in [6.07, 6.45) is -2.19. The number of aromatic amines is 1. The monoisotopic (exact) mass is 343 g/mol. The van der Waals surface area contributed by atoms with Crippen LogP contribution in [0.25, 0.3) is 0 Å². The topological polar surface area (TPSA) is 143 Å². The highest BCUT2D eigenvalue weighted by molar-refractivity contribution is 5.72. The van der Waals surface area contributed by atoms with Crippen LogP contribution in [-0.2, 0) is 14.3 Å². The first-order chi connectivity index (χ1) is 11.4. The SMILES string of the molecule is CC(=O)NCCCO[C@@H]1[C@H](O)[C@@H](CO)O[C@H]1n1ccc(=O)[nH]c1=O. The number of nitrogens with zero attached hydrogens (tertiary/aromatic N) is 1. The molecular formula is C14H21N3O7. The van der Waals surface area contributed by atoms with Crippen molar-refractivity contribution in [2.24, 2.45) is 0 Å². The minimum Gasteiger partial charge on any atom is -0.394 e. The number of nitrogens with one attached hydrogen (secondary N) is 2. The lowest BCUT2D eigenvalue weighted by Crippen LogP contribution is -2.39. The number of carbonyl (C=O) groups is 1. The van der Waals surface area contributed by atoms with E-state index in [9.17, 15) is 24.6 Å². The van der Waals surface area contributed by atoms with Gasteiger partial charge in [-0.05, 0) is 6.42 Å². The van der Waals surface area contributed by atoms with Crippen LogP contribution in [0.15, 0.2) is 21.9 Å². The number of carbonyl (C=O) groups excluding carboxylic acids is 1. The van der Waals surface area contributed by atoms with E-state index in [4.69, 9.17) is 9.47 Å². The van der Waals surface area contributed by atoms with Gasteiger partial charge < -0.3 is 25.0 Å². The Morgan fingerprint density at radius 1 is 1.50 bits per heavy atom. The molecule has 0 aliphatic carbocycles. The van der Waals surface area contributed by atoms with Gasteiger partial charge in [0.1, 0.15) is 18.3 Å². The lowest BCUT2D eigenvalue weighted by atomic mass is 10.1. The maximum absolute atomic E-state index is 11.9. The molecular weight excluding hydrogens is 322 g/mol. The summed E-state index contributed by atoms with van der Waals surface area (Å²) in [6.45, 7) is 1.57. The van der Waals surface area contributed by atoms with Gasteiger partial charge in [0.25, 0.3) is 5.56 Å². The molecule has 1 fully saturated rings. The Hall–Kier alpha value is -2.01. The van der Waals surface area contributed by atoms with Crippen LogP contribution >= 0.6 is 0 Å². The molecule has 0 spiro atoms. The predicted octanol–water partition coefficient (Wildman–Crippen LogP) is -2.30. The van der Waals surface area contributed by atoms with Crippen molar-refractivity contribution >= 4 is 5.91 Å². The molecule has 1 aromatic rings. The molecule has 10 heteroatoms. The predicted molar refractivity (Wildman–Crippen MR) is 81.4 cm³/mol. The average molecular weight is 343 g/mol. The average Bonchev–Trinajstić information content (AvgIpc) is 2.83. The van der Waals surface area contributed by atoms with Crippen LogP contribution in [0.3, 0.4) is 0 Å². The summed E-state index contributed by atoms with van der Waals surface area (Å²) in [4.78, 5) is 36.0. The highest BCUT2D eigenvalue weighted by atomic mass is 16.6. The van der Waals surface area contributed by atoms with Gasteiger partial charge >= 0.3 is 5.69 Å². The number of aromatic nitrogens is 2. The lowest BCUT2D eigenvalue weighted by molar-refractivity contribution is -0.119. The molecule has 1 amide bonds. The van der Waals surface area contributed by atoms with E-state index < -0.39 is 42.4 Å². The molecule has 1 aliphatic heterocycles. The Morgan fingerprint density at radius 3 is 2.88 bits per heavy atom. The van der Waals surface area contributed by atoms with Gasteiger partial charge in [0.2, 0.25) is 5.91 Å². The van der Waals surface area contributed by atoms with Crippen molar-refractivity contribution in [3.63, 3.8) is 0 Å². The van der Waals surface area contributed by atoms with Gasteiger partial charge in [-0.2, -0.15) is 0 Å². The van der Waals surface area contributed by atoms with E-state index >= 15 is 0 Å². The molecule has 1 saturated heterocycles. The summed E-state index contributed by atoms with van der Waals surface area (Å²) in [5.74, 6) is -0.155. The molecule has 2 rings (SSSR count). The summed E-state index contributed by atoms with van der Waals surface area (Å²) < 4.78 is 12.2. The highest BCUT2D eigenvalue weighted by Gasteiger charge is 2.45. The minimum absolute atomic E-state index is 0.155. The van der Waals surface area contributed by atoms with Crippen molar-refractivity contribution < 1.29 is 24.5 Å². The second kappa shape index (κ2) is 8.20. The largest absolute Gasteiger partial charge is 0.394 e. The summed E-state index contributed by atoms with van der Waals surface area (Å²) >= 11 is 0. The van der Waals surface area contributed by atoms with Crippen molar-refractivity contribution in [2.45, 2.75) is 37.9 Å². The fourth-order valence-electron chi connectivity index (χ4n) is 2.46. The molecule has 0 radical (unpaired) electrons. The first-order valence-electron chi connectivity index (χ1n) is 7.56. The van der Waals surface area contributed by atoms with Crippen molar-refractivity contribution in [2.75, 3.05) is 19.8 Å². The van der Waals surface area contributed by atoms with E-state index in [1.807, 2.05) is 0 Å². The number of hydrogen-bond donors (Lipinski definition) is 4. The first kappa shape index (κ1) is 18.3. The number of H-pyrrole nitrogens is 1. The van der Waals surface area contributed by atoms with E-state index in [0.717, 1.165) is 10.6 Å². The minimum atomic E-state index is -1.14. The van der Waals surface area contributed by atoms with Crippen LogP contribution in [0.4, 0.5) is 0 Å². The van der Waals surface area contributed by atoms with Crippen LogP contribution < -0.4 is 16.6 Å². The van der Waals surface area contributed by atoms with Crippen LogP contribution in [0.5, 0.6) is 0 Å². The fraction of sp³-hybridized carbons (Fsp3) is 0.643. The molecule has 4 N–H and O–H groups in total. The number of aliphatic hydroxyl groups is 2. The zero-order chi connectivity index (χ0) is 17.7. The Morgan fingerprint density at radius 2 is 2.25 bits per heavy atom. The van der Waals surface area contributed by atoms with Gasteiger partial charge in [-0.3, -0.25) is 19.1 Å². The molecule has 4 atom stereocenters. The molecule has 1 aliphatic rings. The molecule has 10 nitrogen and oxygen atoms in total. The van der Waals surface area contributed by atoms with E-state index in [0.29, 0.717) is 13.0 Å². The lowest BCUT2D eigenvalue weighted by Gasteiger charge is -2.22. The van der Waals surface area contributed by atoms with Gasteiger partial charge in [0.15, 0.2) is 6.23 Å². The third-order valence-corrected chi connectivity index (χ3v) is 3.62. The number of aliphatic hydroxyl groups excluding tert-OH is 2. The van der Waals surface area contributed by atoms with Gasteiger partial charge in [-0.1, -0.05) is 0 Å². The molecule has 0 saturated carbocycles.